The summed E-state index contributed by atoms with van der Waals surface area (Å²) in [6.45, 7) is 19.1. The number of esters is 1. The van der Waals surface area contributed by atoms with E-state index in [4.69, 9.17) is 4.74 Å². The van der Waals surface area contributed by atoms with Crippen LogP contribution in [0.15, 0.2) is 48.1 Å². The van der Waals surface area contributed by atoms with Gasteiger partial charge in [0.25, 0.3) is 0 Å². The van der Waals surface area contributed by atoms with Crippen molar-refractivity contribution in [1.82, 2.24) is 0 Å². The Morgan fingerprint density at radius 3 is 2.33 bits per heavy atom. The Hall–Kier alpha value is -1.91. The molecule has 0 spiro atoms. The number of benzene rings is 1. The van der Waals surface area contributed by atoms with Crippen molar-refractivity contribution in [3.8, 4) is 0 Å². The van der Waals surface area contributed by atoms with Crippen LogP contribution in [0.4, 0.5) is 0 Å². The molecule has 0 aliphatic heterocycles. The van der Waals surface area contributed by atoms with Gasteiger partial charge in [-0.1, -0.05) is 97.4 Å². The Morgan fingerprint density at radius 1 is 0.930 bits per heavy atom. The molecule has 1 aromatic carbocycles. The van der Waals surface area contributed by atoms with E-state index < -0.39 is 17.6 Å². The molecule has 4 saturated carbocycles. The Balaban J connectivity index is 1.32. The fourth-order valence-corrected chi connectivity index (χ4v) is 12.0. The Kier molecular flexibility index (Phi) is 7.45. The first kappa shape index (κ1) is 31.1. The monoisotopic (exact) mass is 588 g/mol. The maximum absolute atomic E-state index is 13.0. The second-order valence-electron chi connectivity index (χ2n) is 17.0. The van der Waals surface area contributed by atoms with Crippen LogP contribution in [-0.4, -0.2) is 34.5 Å². The summed E-state index contributed by atoms with van der Waals surface area (Å²) < 4.78 is 6.12. The van der Waals surface area contributed by atoms with E-state index in [0.717, 1.165) is 24.8 Å². The van der Waals surface area contributed by atoms with Gasteiger partial charge in [0.1, 0.15) is 6.10 Å². The van der Waals surface area contributed by atoms with E-state index in [1.165, 1.54) is 30.9 Å². The van der Waals surface area contributed by atoms with Gasteiger partial charge in [-0.15, -0.1) is 0 Å². The molecule has 2 unspecified atom stereocenters. The first-order valence-corrected chi connectivity index (χ1v) is 17.1. The van der Waals surface area contributed by atoms with Crippen LogP contribution in [0.1, 0.15) is 106 Å². The van der Waals surface area contributed by atoms with Gasteiger partial charge in [-0.25, -0.2) is 4.79 Å². The highest BCUT2D eigenvalue weighted by Crippen LogP contribution is 2.75. The van der Waals surface area contributed by atoms with Crippen molar-refractivity contribution in [2.75, 3.05) is 0 Å². The molecule has 43 heavy (non-hydrogen) atoms. The van der Waals surface area contributed by atoms with Crippen LogP contribution in [0.25, 0.3) is 6.08 Å². The van der Waals surface area contributed by atoms with Crippen molar-refractivity contribution >= 4 is 12.0 Å². The van der Waals surface area contributed by atoms with Crippen LogP contribution in [0.3, 0.4) is 0 Å². The third-order valence-electron chi connectivity index (χ3n) is 14.9. The van der Waals surface area contributed by atoms with E-state index in [9.17, 15) is 15.0 Å². The lowest BCUT2D eigenvalue weighted by Gasteiger charge is -2.72. The second-order valence-corrected chi connectivity index (χ2v) is 17.0. The predicted octanol–water partition coefficient (Wildman–Crippen LogP) is 8.23. The number of hydrogen-bond donors (Lipinski definition) is 2. The Labute approximate surface area is 260 Å². The van der Waals surface area contributed by atoms with Gasteiger partial charge < -0.3 is 14.9 Å². The van der Waals surface area contributed by atoms with Gasteiger partial charge in [-0.3, -0.25) is 0 Å². The molecule has 0 heterocycles. The molecule has 4 nitrogen and oxygen atoms in total. The predicted molar refractivity (Wildman–Crippen MR) is 173 cm³/mol. The summed E-state index contributed by atoms with van der Waals surface area (Å²) in [5.74, 6) is 1.51. The van der Waals surface area contributed by atoms with E-state index >= 15 is 0 Å². The minimum absolute atomic E-state index is 0.00418. The summed E-state index contributed by atoms with van der Waals surface area (Å²) in [4.78, 5) is 13.0. The quantitative estimate of drug-likeness (QED) is 0.212. The molecule has 6 rings (SSSR count). The fraction of sp³-hybridized carbons (Fsp3) is 0.718. The van der Waals surface area contributed by atoms with E-state index in [0.29, 0.717) is 29.6 Å². The van der Waals surface area contributed by atoms with E-state index in [1.807, 2.05) is 30.3 Å². The SMILES string of the molecule is C[C@@H]1CC[C@]2(C)CC[C@]3(C)C(=C[C@@H](O)[C@@H]4[C@]5(C)C(CC[C@]43C)C(C)(C)[C@@H](OC(=O)/C=C/c3ccccc3)C[C@H]5O)C2[C@H]1C. The zero-order valence-electron chi connectivity index (χ0n) is 27.9. The minimum atomic E-state index is -0.665. The van der Waals surface area contributed by atoms with Crippen LogP contribution < -0.4 is 0 Å². The Morgan fingerprint density at radius 2 is 1.63 bits per heavy atom. The van der Waals surface area contributed by atoms with Gasteiger partial charge in [-0.2, -0.15) is 0 Å². The summed E-state index contributed by atoms with van der Waals surface area (Å²) in [7, 11) is 0. The molecule has 0 aromatic heterocycles. The van der Waals surface area contributed by atoms with Crippen molar-refractivity contribution < 1.29 is 19.7 Å². The maximum atomic E-state index is 13.0. The number of rotatable bonds is 3. The first-order chi connectivity index (χ1) is 20.1. The highest BCUT2D eigenvalue weighted by Gasteiger charge is 2.72. The number of hydrogen-bond acceptors (Lipinski definition) is 4. The van der Waals surface area contributed by atoms with Gasteiger partial charge in [-0.05, 0) is 90.1 Å². The normalized spacial score (nSPS) is 48.7. The standard InChI is InChI=1S/C39H56O4/c1-24-16-18-36(5)20-21-37(6)27(33(36)25(24)2)22-28(40)34-38(37,7)19-17-29-35(3,4)31(23-30(41)39(29,34)8)43-32(42)15-14-26-12-10-9-11-13-26/h9-15,22,24-25,28-31,33-34,40-41H,16-21,23H2,1-8H3/b15-14+/t24-,25+,28-,29?,30-,31+,33?,34+,36-,37-,38-,39-/m1/s1. The molecule has 4 fully saturated rings. The zero-order chi connectivity index (χ0) is 31.2. The van der Waals surface area contributed by atoms with Gasteiger partial charge >= 0.3 is 5.97 Å². The second kappa shape index (κ2) is 10.3. The number of fused-ring (bicyclic) bond motifs is 7. The summed E-state index contributed by atoms with van der Waals surface area (Å²) in [5, 5.41) is 24.4. The summed E-state index contributed by atoms with van der Waals surface area (Å²) >= 11 is 0. The Bertz CT molecular complexity index is 1300. The molecule has 4 heteroatoms. The number of ether oxygens (including phenoxy) is 1. The van der Waals surface area contributed by atoms with Crippen molar-refractivity contribution in [2.45, 2.75) is 119 Å². The zero-order valence-corrected chi connectivity index (χ0v) is 27.9. The third kappa shape index (κ3) is 4.39. The molecular weight excluding hydrogens is 532 g/mol. The highest BCUT2D eigenvalue weighted by atomic mass is 16.5. The fourth-order valence-electron chi connectivity index (χ4n) is 12.0. The lowest BCUT2D eigenvalue weighted by Crippen LogP contribution is -2.71. The van der Waals surface area contributed by atoms with E-state index in [-0.39, 0.29) is 40.2 Å². The van der Waals surface area contributed by atoms with Crippen LogP contribution >= 0.6 is 0 Å². The molecule has 0 bridgehead atoms. The van der Waals surface area contributed by atoms with E-state index in [1.54, 1.807) is 6.08 Å². The number of carbonyl (C=O) groups is 1. The highest BCUT2D eigenvalue weighted by molar-refractivity contribution is 5.87. The molecule has 12 atom stereocenters. The average molecular weight is 589 g/mol. The van der Waals surface area contributed by atoms with Gasteiger partial charge in [0.2, 0.25) is 0 Å². The first-order valence-electron chi connectivity index (χ1n) is 17.1. The number of aliphatic hydroxyl groups is 2. The lowest BCUT2D eigenvalue weighted by atomic mass is 9.32. The maximum Gasteiger partial charge on any atom is 0.331 e. The molecule has 0 amide bonds. The molecule has 0 radical (unpaired) electrons. The minimum Gasteiger partial charge on any atom is -0.459 e. The van der Waals surface area contributed by atoms with Crippen LogP contribution in [-0.2, 0) is 9.53 Å². The number of carbonyl (C=O) groups excluding carboxylic acids is 1. The number of allylic oxidation sites excluding steroid dienone is 1. The average Bonchev–Trinajstić information content (AvgIpc) is 2.95. The van der Waals surface area contributed by atoms with Crippen LogP contribution in [0, 0.1) is 56.7 Å². The van der Waals surface area contributed by atoms with Gasteiger partial charge in [0, 0.05) is 29.2 Å². The lowest BCUT2D eigenvalue weighted by molar-refractivity contribution is -0.263. The van der Waals surface area contributed by atoms with Crippen LogP contribution in [0.2, 0.25) is 0 Å². The number of aliphatic hydroxyl groups excluding tert-OH is 2. The molecule has 5 aliphatic carbocycles. The molecule has 236 valence electrons. The molecule has 1 aromatic rings. The molecular formula is C39H56O4. The third-order valence-corrected chi connectivity index (χ3v) is 14.9. The van der Waals surface area contributed by atoms with Crippen molar-refractivity contribution in [2.24, 2.45) is 56.7 Å². The van der Waals surface area contributed by atoms with Crippen molar-refractivity contribution in [3.05, 3.63) is 53.6 Å². The molecule has 2 N–H and O–H groups in total. The van der Waals surface area contributed by atoms with Crippen LogP contribution in [0.5, 0.6) is 0 Å². The smallest absolute Gasteiger partial charge is 0.331 e. The topological polar surface area (TPSA) is 66.8 Å². The van der Waals surface area contributed by atoms with Crippen molar-refractivity contribution in [1.29, 1.82) is 0 Å². The largest absolute Gasteiger partial charge is 0.459 e. The summed E-state index contributed by atoms with van der Waals surface area (Å²) in [5.41, 5.74) is 1.83. The van der Waals surface area contributed by atoms with Crippen molar-refractivity contribution in [3.63, 3.8) is 0 Å². The molecule has 0 saturated heterocycles. The van der Waals surface area contributed by atoms with Gasteiger partial charge in [0.15, 0.2) is 0 Å². The summed E-state index contributed by atoms with van der Waals surface area (Å²) in [6.07, 6.45) is 11.3. The van der Waals surface area contributed by atoms with Gasteiger partial charge in [0.05, 0.1) is 12.2 Å². The van der Waals surface area contributed by atoms with E-state index in [2.05, 4.69) is 61.5 Å². The molecule has 5 aliphatic rings. The summed E-state index contributed by atoms with van der Waals surface area (Å²) in [6, 6.07) is 9.77.